The van der Waals surface area contributed by atoms with E-state index in [1.807, 2.05) is 45.0 Å². The highest BCUT2D eigenvalue weighted by molar-refractivity contribution is 6.30. The van der Waals surface area contributed by atoms with Crippen molar-refractivity contribution in [1.29, 1.82) is 0 Å². The third-order valence-corrected chi connectivity index (χ3v) is 10.1. The lowest BCUT2D eigenvalue weighted by Crippen LogP contribution is -2.55. The fraction of sp³-hybridized carbons (Fsp3) is 0.758. The van der Waals surface area contributed by atoms with Crippen molar-refractivity contribution in [3.63, 3.8) is 0 Å². The van der Waals surface area contributed by atoms with E-state index < -0.39 is 10.8 Å². The predicted molar refractivity (Wildman–Crippen MR) is 161 cm³/mol. The molecule has 0 spiro atoms. The SMILES string of the molecule is C[C@H]1C[C@H](N(C(=O)C(C)(C)C)C2CCC(C)(C)CC2)CN1C(=O)[C@]1(c2ccc(Cl)cc2)CCN(C(C)(C)C)C1. The van der Waals surface area contributed by atoms with E-state index in [1.54, 1.807) is 0 Å². The largest absolute Gasteiger partial charge is 0.337 e. The lowest BCUT2D eigenvalue weighted by molar-refractivity contribution is -0.147. The number of rotatable bonds is 4. The molecule has 3 atom stereocenters. The standard InChI is InChI=1S/C33H52ClN3O2/c1-23-20-27(37(28(38)30(2,3)4)26-14-16-32(8,9)17-15-26)21-36(23)29(39)33(24-10-12-25(34)13-11-24)18-19-35(22-33)31(5,6)7/h10-13,23,26-27H,14-22H2,1-9H3/t23-,27-,33+/m0/s1. The molecule has 2 amide bonds. The molecule has 5 nitrogen and oxygen atoms in total. The molecule has 1 aliphatic carbocycles. The summed E-state index contributed by atoms with van der Waals surface area (Å²) in [6.07, 6.45) is 6.00. The Kier molecular flexibility index (Phi) is 8.31. The molecular weight excluding hydrogens is 506 g/mol. The van der Waals surface area contributed by atoms with Gasteiger partial charge < -0.3 is 9.80 Å². The van der Waals surface area contributed by atoms with Gasteiger partial charge in [-0.15, -0.1) is 0 Å². The lowest BCUT2D eigenvalue weighted by Gasteiger charge is -2.45. The quantitative estimate of drug-likeness (QED) is 0.404. The van der Waals surface area contributed by atoms with Crippen molar-refractivity contribution in [2.45, 2.75) is 130 Å². The van der Waals surface area contributed by atoms with Crippen LogP contribution in [-0.4, -0.2) is 69.8 Å². The van der Waals surface area contributed by atoms with Gasteiger partial charge in [0, 0.05) is 47.7 Å². The molecule has 218 valence electrons. The van der Waals surface area contributed by atoms with Gasteiger partial charge in [-0.1, -0.05) is 58.4 Å². The van der Waals surface area contributed by atoms with Gasteiger partial charge in [0.25, 0.3) is 0 Å². The first kappa shape index (κ1) is 30.4. The van der Waals surface area contributed by atoms with E-state index in [1.165, 1.54) is 0 Å². The number of carbonyl (C=O) groups is 2. The molecule has 2 heterocycles. The van der Waals surface area contributed by atoms with E-state index in [-0.39, 0.29) is 35.5 Å². The fourth-order valence-electron chi connectivity index (χ4n) is 7.13. The Balaban J connectivity index is 1.64. The summed E-state index contributed by atoms with van der Waals surface area (Å²) in [5.74, 6) is 0.436. The van der Waals surface area contributed by atoms with Gasteiger partial charge in [0.05, 0.1) is 11.5 Å². The number of hydrogen-bond donors (Lipinski definition) is 0. The van der Waals surface area contributed by atoms with Crippen molar-refractivity contribution in [1.82, 2.24) is 14.7 Å². The molecule has 3 fully saturated rings. The minimum Gasteiger partial charge on any atom is -0.337 e. The van der Waals surface area contributed by atoms with E-state index in [9.17, 15) is 9.59 Å². The van der Waals surface area contributed by atoms with Gasteiger partial charge in [0.15, 0.2) is 0 Å². The Morgan fingerprint density at radius 3 is 2.05 bits per heavy atom. The molecule has 3 aliphatic rings. The maximum Gasteiger partial charge on any atom is 0.234 e. The third kappa shape index (κ3) is 6.20. The zero-order valence-electron chi connectivity index (χ0n) is 25.9. The van der Waals surface area contributed by atoms with Crippen LogP contribution in [0.3, 0.4) is 0 Å². The number of hydrogen-bond acceptors (Lipinski definition) is 3. The molecule has 0 unspecified atom stereocenters. The van der Waals surface area contributed by atoms with E-state index in [2.05, 4.69) is 56.2 Å². The van der Waals surface area contributed by atoms with Crippen LogP contribution in [0.2, 0.25) is 5.02 Å². The molecule has 0 N–H and O–H groups in total. The van der Waals surface area contributed by atoms with Crippen LogP contribution in [0.5, 0.6) is 0 Å². The molecule has 4 rings (SSSR count). The number of nitrogens with zero attached hydrogens (tertiary/aromatic N) is 3. The summed E-state index contributed by atoms with van der Waals surface area (Å²) < 4.78 is 0. The molecule has 2 aliphatic heterocycles. The van der Waals surface area contributed by atoms with Crippen molar-refractivity contribution in [3.05, 3.63) is 34.9 Å². The van der Waals surface area contributed by atoms with E-state index in [0.717, 1.165) is 50.6 Å². The molecule has 6 heteroatoms. The second kappa shape index (κ2) is 10.7. The molecule has 1 aromatic carbocycles. The Bertz CT molecular complexity index is 1040. The summed E-state index contributed by atoms with van der Waals surface area (Å²) in [5, 5.41) is 0.689. The number of amides is 2. The molecule has 0 aromatic heterocycles. The van der Waals surface area contributed by atoms with Gasteiger partial charge in [0.2, 0.25) is 11.8 Å². The van der Waals surface area contributed by atoms with Crippen molar-refractivity contribution < 1.29 is 9.59 Å². The predicted octanol–water partition coefficient (Wildman–Crippen LogP) is 6.91. The first-order valence-corrected chi connectivity index (χ1v) is 15.5. The second-order valence-corrected chi connectivity index (χ2v) is 15.9. The summed E-state index contributed by atoms with van der Waals surface area (Å²) >= 11 is 6.26. The van der Waals surface area contributed by atoms with Crippen LogP contribution >= 0.6 is 11.6 Å². The molecule has 1 saturated carbocycles. The number of likely N-dealkylation sites (tertiary alicyclic amines) is 2. The monoisotopic (exact) mass is 557 g/mol. The first-order chi connectivity index (χ1) is 17.9. The highest BCUT2D eigenvalue weighted by Gasteiger charge is 2.53. The highest BCUT2D eigenvalue weighted by Crippen LogP contribution is 2.43. The van der Waals surface area contributed by atoms with Crippen LogP contribution in [0.4, 0.5) is 0 Å². The maximum atomic E-state index is 14.7. The normalized spacial score (nSPS) is 28.6. The van der Waals surface area contributed by atoms with Gasteiger partial charge in [-0.05, 0) is 89.3 Å². The maximum absolute atomic E-state index is 14.7. The first-order valence-electron chi connectivity index (χ1n) is 15.1. The van der Waals surface area contributed by atoms with Gasteiger partial charge in [-0.25, -0.2) is 0 Å². The van der Waals surface area contributed by atoms with Gasteiger partial charge >= 0.3 is 0 Å². The minimum absolute atomic E-state index is 0.0156. The van der Waals surface area contributed by atoms with Crippen LogP contribution in [0.1, 0.15) is 106 Å². The third-order valence-electron chi connectivity index (χ3n) is 9.81. The number of halogens is 1. The van der Waals surface area contributed by atoms with Crippen molar-refractivity contribution in [2.75, 3.05) is 19.6 Å². The summed E-state index contributed by atoms with van der Waals surface area (Å²) in [6, 6.07) is 8.32. The van der Waals surface area contributed by atoms with Crippen LogP contribution in [0.25, 0.3) is 0 Å². The van der Waals surface area contributed by atoms with E-state index in [4.69, 9.17) is 11.6 Å². The fourth-order valence-corrected chi connectivity index (χ4v) is 7.25. The Hall–Kier alpha value is -1.59. The molecule has 39 heavy (non-hydrogen) atoms. The van der Waals surface area contributed by atoms with Gasteiger partial charge in [-0.2, -0.15) is 0 Å². The van der Waals surface area contributed by atoms with Crippen LogP contribution in [-0.2, 0) is 15.0 Å². The Morgan fingerprint density at radius 1 is 0.949 bits per heavy atom. The average Bonchev–Trinajstić information content (AvgIpc) is 3.45. The molecule has 0 bridgehead atoms. The second-order valence-electron chi connectivity index (χ2n) is 15.5. The van der Waals surface area contributed by atoms with Crippen LogP contribution < -0.4 is 0 Å². The number of benzene rings is 1. The van der Waals surface area contributed by atoms with Crippen molar-refractivity contribution in [2.24, 2.45) is 10.8 Å². The summed E-state index contributed by atoms with van der Waals surface area (Å²) in [4.78, 5) is 35.4. The molecule has 0 radical (unpaired) electrons. The number of carbonyl (C=O) groups excluding carboxylic acids is 2. The van der Waals surface area contributed by atoms with Gasteiger partial charge in [0.1, 0.15) is 0 Å². The van der Waals surface area contributed by atoms with E-state index >= 15 is 0 Å². The van der Waals surface area contributed by atoms with E-state index in [0.29, 0.717) is 23.5 Å². The highest BCUT2D eigenvalue weighted by atomic mass is 35.5. The Labute approximate surface area is 242 Å². The molecular formula is C33H52ClN3O2. The topological polar surface area (TPSA) is 43.9 Å². The zero-order chi connectivity index (χ0) is 29.0. The summed E-state index contributed by atoms with van der Waals surface area (Å²) in [6.45, 7) is 21.8. The van der Waals surface area contributed by atoms with Crippen molar-refractivity contribution >= 4 is 23.4 Å². The average molecular weight is 558 g/mol. The van der Waals surface area contributed by atoms with Crippen LogP contribution in [0.15, 0.2) is 24.3 Å². The molecule has 1 aromatic rings. The smallest absolute Gasteiger partial charge is 0.234 e. The minimum atomic E-state index is -0.602. The van der Waals surface area contributed by atoms with Gasteiger partial charge in [-0.3, -0.25) is 14.5 Å². The zero-order valence-corrected chi connectivity index (χ0v) is 26.7. The summed E-state index contributed by atoms with van der Waals surface area (Å²) in [7, 11) is 0. The Morgan fingerprint density at radius 2 is 1.54 bits per heavy atom. The molecule has 2 saturated heterocycles. The van der Waals surface area contributed by atoms with Crippen molar-refractivity contribution in [3.8, 4) is 0 Å². The van der Waals surface area contributed by atoms with Crippen LogP contribution in [0, 0.1) is 10.8 Å². The summed E-state index contributed by atoms with van der Waals surface area (Å²) in [5.41, 5.74) is 0.324. The lowest BCUT2D eigenvalue weighted by atomic mass is 9.74.